The average molecular weight is 353 g/mol. The van der Waals surface area contributed by atoms with Gasteiger partial charge in [-0.1, -0.05) is 39.0 Å². The molecule has 2 fully saturated rings. The molecule has 3 atom stereocenters. The number of nitrogen functional groups attached to an aromatic ring is 1. The first-order valence-corrected chi connectivity index (χ1v) is 9.97. The van der Waals surface area contributed by atoms with Crippen molar-refractivity contribution in [1.29, 1.82) is 0 Å². The van der Waals surface area contributed by atoms with Crippen LogP contribution in [0.1, 0.15) is 58.9 Å². The Morgan fingerprint density at radius 3 is 2.75 bits per heavy atom. The van der Waals surface area contributed by atoms with Crippen molar-refractivity contribution in [2.75, 3.05) is 11.5 Å². The van der Waals surface area contributed by atoms with Crippen molar-refractivity contribution < 1.29 is 9.53 Å². The highest BCUT2D eigenvalue weighted by molar-refractivity contribution is 7.99. The Morgan fingerprint density at radius 1 is 1.33 bits per heavy atom. The van der Waals surface area contributed by atoms with Gasteiger partial charge < -0.3 is 10.5 Å². The molecule has 6 nitrogen and oxygen atoms in total. The van der Waals surface area contributed by atoms with Crippen molar-refractivity contribution in [2.24, 2.45) is 17.8 Å². The molecule has 0 spiro atoms. The summed E-state index contributed by atoms with van der Waals surface area (Å²) >= 11 is 1.38. The molecule has 1 heterocycles. The minimum absolute atomic E-state index is 0.0493. The summed E-state index contributed by atoms with van der Waals surface area (Å²) in [6.07, 6.45) is 5.62. The maximum atomic E-state index is 12.3. The number of anilines is 1. The largest absolute Gasteiger partial charge is 0.461 e. The quantitative estimate of drug-likeness (QED) is 0.625. The van der Waals surface area contributed by atoms with E-state index in [4.69, 9.17) is 10.5 Å². The van der Waals surface area contributed by atoms with Gasteiger partial charge in [0.2, 0.25) is 5.95 Å². The van der Waals surface area contributed by atoms with Crippen LogP contribution < -0.4 is 5.73 Å². The van der Waals surface area contributed by atoms with Crippen LogP contribution in [0.3, 0.4) is 0 Å². The summed E-state index contributed by atoms with van der Waals surface area (Å²) in [5.41, 5.74) is 5.86. The Bertz CT molecular complexity index is 585. The fourth-order valence-electron chi connectivity index (χ4n) is 3.64. The number of rotatable bonds is 6. The number of ether oxygens (including phenoxy) is 1. The SMILES string of the molecule is CC1CCC(C(C)C)C(OC(=O)CSc2nnc(N)n2C2CC2)C1. The molecule has 2 saturated carbocycles. The van der Waals surface area contributed by atoms with Gasteiger partial charge in [-0.2, -0.15) is 0 Å². The summed E-state index contributed by atoms with van der Waals surface area (Å²) in [5, 5.41) is 8.75. The molecule has 0 radical (unpaired) electrons. The summed E-state index contributed by atoms with van der Waals surface area (Å²) in [7, 11) is 0. The second-order valence-electron chi connectivity index (χ2n) is 7.59. The predicted molar refractivity (Wildman–Crippen MR) is 94.7 cm³/mol. The molecular weight excluding hydrogens is 324 g/mol. The van der Waals surface area contributed by atoms with Gasteiger partial charge in [-0.25, -0.2) is 0 Å². The molecule has 0 aliphatic heterocycles. The van der Waals surface area contributed by atoms with E-state index >= 15 is 0 Å². The molecule has 3 unspecified atom stereocenters. The van der Waals surface area contributed by atoms with E-state index in [0.29, 0.717) is 29.7 Å². The van der Waals surface area contributed by atoms with Gasteiger partial charge in [-0.3, -0.25) is 9.36 Å². The monoisotopic (exact) mass is 352 g/mol. The number of aromatic nitrogens is 3. The van der Waals surface area contributed by atoms with Gasteiger partial charge in [-0.15, -0.1) is 10.2 Å². The van der Waals surface area contributed by atoms with Crippen LogP contribution >= 0.6 is 11.8 Å². The second kappa shape index (κ2) is 7.33. The Morgan fingerprint density at radius 2 is 2.08 bits per heavy atom. The molecule has 3 rings (SSSR count). The minimum Gasteiger partial charge on any atom is -0.461 e. The highest BCUT2D eigenvalue weighted by Gasteiger charge is 2.34. The first kappa shape index (κ1) is 17.6. The number of nitrogens with two attached hydrogens (primary N) is 1. The van der Waals surface area contributed by atoms with Crippen molar-refractivity contribution in [2.45, 2.75) is 70.2 Å². The zero-order valence-electron chi connectivity index (χ0n) is 14.8. The Balaban J connectivity index is 1.55. The van der Waals surface area contributed by atoms with Crippen molar-refractivity contribution >= 4 is 23.7 Å². The Kier molecular flexibility index (Phi) is 5.37. The van der Waals surface area contributed by atoms with Crippen LogP contribution in [-0.2, 0) is 9.53 Å². The van der Waals surface area contributed by atoms with Crippen LogP contribution in [0.5, 0.6) is 0 Å². The lowest BCUT2D eigenvalue weighted by Gasteiger charge is -2.36. The number of nitrogens with zero attached hydrogens (tertiary/aromatic N) is 3. The van der Waals surface area contributed by atoms with Crippen LogP contribution in [0.2, 0.25) is 0 Å². The van der Waals surface area contributed by atoms with E-state index < -0.39 is 0 Å². The highest BCUT2D eigenvalue weighted by atomic mass is 32.2. The molecule has 1 aromatic heterocycles. The second-order valence-corrected chi connectivity index (χ2v) is 8.53. The molecule has 2 aliphatic rings. The van der Waals surface area contributed by atoms with Crippen molar-refractivity contribution in [3.05, 3.63) is 0 Å². The van der Waals surface area contributed by atoms with Crippen molar-refractivity contribution in [3.8, 4) is 0 Å². The third kappa shape index (κ3) is 4.05. The highest BCUT2D eigenvalue weighted by Crippen LogP contribution is 2.39. The number of carbonyl (C=O) groups is 1. The third-order valence-electron chi connectivity index (χ3n) is 5.17. The molecule has 134 valence electrons. The minimum atomic E-state index is -0.159. The standard InChI is InChI=1S/C17H28N4O2S/c1-10(2)13-7-4-11(3)8-14(13)23-15(22)9-24-17-20-19-16(18)21(17)12-5-6-12/h10-14H,4-9H2,1-3H3,(H2,18,19). The van der Waals surface area contributed by atoms with Crippen LogP contribution in [0, 0.1) is 17.8 Å². The van der Waals surface area contributed by atoms with E-state index in [1.807, 2.05) is 4.57 Å². The number of hydrogen-bond acceptors (Lipinski definition) is 6. The fraction of sp³-hybridized carbons (Fsp3) is 0.824. The molecule has 2 aliphatic carbocycles. The molecule has 0 bridgehead atoms. The van der Waals surface area contributed by atoms with E-state index in [1.54, 1.807) is 0 Å². The maximum absolute atomic E-state index is 12.3. The van der Waals surface area contributed by atoms with Gasteiger partial charge in [0.1, 0.15) is 6.10 Å². The molecule has 24 heavy (non-hydrogen) atoms. The maximum Gasteiger partial charge on any atom is 0.316 e. The van der Waals surface area contributed by atoms with Crippen LogP contribution in [-0.4, -0.2) is 32.6 Å². The van der Waals surface area contributed by atoms with Crippen LogP contribution in [0.4, 0.5) is 5.95 Å². The molecule has 1 aromatic rings. The Labute approximate surface area is 147 Å². The van der Waals surface area contributed by atoms with E-state index in [2.05, 4.69) is 31.0 Å². The lowest BCUT2D eigenvalue weighted by molar-refractivity contribution is -0.152. The fourth-order valence-corrected chi connectivity index (χ4v) is 4.43. The van der Waals surface area contributed by atoms with E-state index in [-0.39, 0.29) is 17.8 Å². The first-order valence-electron chi connectivity index (χ1n) is 8.98. The summed E-state index contributed by atoms with van der Waals surface area (Å²) < 4.78 is 7.77. The molecule has 7 heteroatoms. The van der Waals surface area contributed by atoms with Gasteiger partial charge >= 0.3 is 5.97 Å². The summed E-state index contributed by atoms with van der Waals surface area (Å²) in [5.74, 6) is 2.19. The number of hydrogen-bond donors (Lipinski definition) is 1. The predicted octanol–water partition coefficient (Wildman–Crippen LogP) is 3.29. The number of carbonyl (C=O) groups excluding carboxylic acids is 1. The topological polar surface area (TPSA) is 83.0 Å². The smallest absolute Gasteiger partial charge is 0.316 e. The summed E-state index contributed by atoms with van der Waals surface area (Å²) in [4.78, 5) is 12.3. The molecule has 2 N–H and O–H groups in total. The van der Waals surface area contributed by atoms with Gasteiger partial charge in [0.25, 0.3) is 0 Å². The van der Waals surface area contributed by atoms with Gasteiger partial charge in [-0.05, 0) is 43.4 Å². The van der Waals surface area contributed by atoms with E-state index in [1.165, 1.54) is 18.2 Å². The van der Waals surface area contributed by atoms with Gasteiger partial charge in [0.05, 0.1) is 5.75 Å². The first-order chi connectivity index (χ1) is 11.5. The van der Waals surface area contributed by atoms with Crippen LogP contribution in [0.15, 0.2) is 5.16 Å². The average Bonchev–Trinajstić information content (AvgIpc) is 3.28. The summed E-state index contributed by atoms with van der Waals surface area (Å²) in [6.45, 7) is 6.68. The molecule has 0 saturated heterocycles. The molecule has 0 amide bonds. The number of esters is 1. The van der Waals surface area contributed by atoms with Crippen LogP contribution in [0.25, 0.3) is 0 Å². The zero-order chi connectivity index (χ0) is 17.3. The van der Waals surface area contributed by atoms with Crippen molar-refractivity contribution in [3.63, 3.8) is 0 Å². The van der Waals surface area contributed by atoms with Gasteiger partial charge in [0, 0.05) is 6.04 Å². The Hall–Kier alpha value is -1.24. The van der Waals surface area contributed by atoms with Gasteiger partial charge in [0.15, 0.2) is 5.16 Å². The van der Waals surface area contributed by atoms with E-state index in [9.17, 15) is 4.79 Å². The molecular formula is C17H28N4O2S. The normalized spacial score (nSPS) is 27.4. The third-order valence-corrected chi connectivity index (χ3v) is 6.08. The van der Waals surface area contributed by atoms with Crippen molar-refractivity contribution in [1.82, 2.24) is 14.8 Å². The number of thioether (sulfide) groups is 1. The molecule has 0 aromatic carbocycles. The zero-order valence-corrected chi connectivity index (χ0v) is 15.6. The lowest BCUT2D eigenvalue weighted by atomic mass is 9.75. The van der Waals surface area contributed by atoms with E-state index in [0.717, 1.165) is 30.8 Å². The summed E-state index contributed by atoms with van der Waals surface area (Å²) in [6, 6.07) is 0.406. The lowest BCUT2D eigenvalue weighted by Crippen LogP contribution is -2.36.